The molecule has 0 saturated heterocycles. The predicted molar refractivity (Wildman–Crippen MR) is 85.0 cm³/mol. The Morgan fingerprint density at radius 2 is 1.95 bits per heavy atom. The largest absolute Gasteiger partial charge is 0.398 e. The van der Waals surface area contributed by atoms with Crippen molar-refractivity contribution in [2.75, 3.05) is 5.73 Å². The molecule has 3 aromatic rings. The van der Waals surface area contributed by atoms with E-state index in [-0.39, 0.29) is 0 Å². The summed E-state index contributed by atoms with van der Waals surface area (Å²) in [6.45, 7) is 0. The lowest BCUT2D eigenvalue weighted by Crippen LogP contribution is -1.93. The molecular weight excluding hydrogens is 290 g/mol. The molecule has 100 valence electrons. The molecule has 0 radical (unpaired) electrons. The van der Waals surface area contributed by atoms with Gasteiger partial charge in [-0.15, -0.1) is 11.8 Å². The highest BCUT2D eigenvalue weighted by atomic mass is 35.5. The van der Waals surface area contributed by atoms with E-state index in [1.807, 2.05) is 36.4 Å². The van der Waals surface area contributed by atoms with Gasteiger partial charge in [0.15, 0.2) is 0 Å². The molecule has 0 spiro atoms. The molecule has 0 fully saturated rings. The van der Waals surface area contributed by atoms with E-state index in [0.29, 0.717) is 10.7 Å². The van der Waals surface area contributed by atoms with Crippen molar-refractivity contribution in [3.05, 3.63) is 59.4 Å². The number of benzene rings is 2. The monoisotopic (exact) mass is 301 g/mol. The predicted octanol–water partition coefficient (Wildman–Crippen LogP) is 4.16. The van der Waals surface area contributed by atoms with Crippen molar-refractivity contribution in [3.8, 4) is 0 Å². The molecule has 5 heteroatoms. The molecule has 0 aliphatic rings. The van der Waals surface area contributed by atoms with Gasteiger partial charge in [0.25, 0.3) is 0 Å². The quantitative estimate of drug-likeness (QED) is 0.448. The minimum atomic E-state index is 0.656. The molecule has 3 rings (SSSR count). The van der Waals surface area contributed by atoms with Gasteiger partial charge < -0.3 is 5.73 Å². The number of para-hydroxylation sites is 1. The summed E-state index contributed by atoms with van der Waals surface area (Å²) in [5, 5.41) is 2.68. The third-order valence-electron chi connectivity index (χ3n) is 2.98. The van der Waals surface area contributed by atoms with E-state index in [1.165, 1.54) is 0 Å². The van der Waals surface area contributed by atoms with Gasteiger partial charge in [0.05, 0.1) is 5.52 Å². The van der Waals surface area contributed by atoms with Crippen LogP contribution in [0.4, 0.5) is 5.69 Å². The van der Waals surface area contributed by atoms with E-state index in [1.54, 1.807) is 24.2 Å². The lowest BCUT2D eigenvalue weighted by atomic mass is 10.2. The van der Waals surface area contributed by atoms with Gasteiger partial charge in [-0.2, -0.15) is 0 Å². The number of nitrogens with two attached hydrogens (primary N) is 1. The van der Waals surface area contributed by atoms with Crippen LogP contribution in [0.3, 0.4) is 0 Å². The Morgan fingerprint density at radius 1 is 1.10 bits per heavy atom. The Kier molecular flexibility index (Phi) is 3.76. The summed E-state index contributed by atoms with van der Waals surface area (Å²) < 4.78 is 0. The van der Waals surface area contributed by atoms with E-state index >= 15 is 0 Å². The number of anilines is 1. The van der Waals surface area contributed by atoms with Gasteiger partial charge in [-0.1, -0.05) is 35.9 Å². The van der Waals surface area contributed by atoms with Crippen molar-refractivity contribution >= 4 is 40.0 Å². The number of rotatable bonds is 3. The molecule has 0 amide bonds. The normalized spacial score (nSPS) is 10.8. The average molecular weight is 302 g/mol. The van der Waals surface area contributed by atoms with Crippen LogP contribution in [-0.4, -0.2) is 9.97 Å². The van der Waals surface area contributed by atoms with Crippen molar-refractivity contribution in [2.24, 2.45) is 0 Å². The van der Waals surface area contributed by atoms with Gasteiger partial charge >= 0.3 is 0 Å². The number of halogens is 1. The zero-order valence-electron chi connectivity index (χ0n) is 10.6. The molecule has 0 saturated carbocycles. The summed E-state index contributed by atoms with van der Waals surface area (Å²) in [5.74, 6) is 0.754. The van der Waals surface area contributed by atoms with Crippen LogP contribution in [0, 0.1) is 0 Å². The average Bonchev–Trinajstić information content (AvgIpc) is 2.46. The number of hydrogen-bond donors (Lipinski definition) is 1. The number of aromatic nitrogens is 2. The van der Waals surface area contributed by atoms with Crippen molar-refractivity contribution in [1.82, 2.24) is 9.97 Å². The SMILES string of the molecule is Nc1cc(Cl)ccc1CSc1ncnc2ccccc12. The molecule has 20 heavy (non-hydrogen) atoms. The van der Waals surface area contributed by atoms with Crippen LogP contribution in [0.5, 0.6) is 0 Å². The van der Waals surface area contributed by atoms with E-state index in [0.717, 1.165) is 27.2 Å². The lowest BCUT2D eigenvalue weighted by Gasteiger charge is -2.07. The topological polar surface area (TPSA) is 51.8 Å². The minimum absolute atomic E-state index is 0.656. The molecule has 0 bridgehead atoms. The van der Waals surface area contributed by atoms with Crippen LogP contribution < -0.4 is 5.73 Å². The molecular formula is C15H12ClN3S. The third kappa shape index (κ3) is 2.71. The molecule has 0 unspecified atom stereocenters. The van der Waals surface area contributed by atoms with Gasteiger partial charge in [-0.25, -0.2) is 9.97 Å². The number of nitrogens with zero attached hydrogens (tertiary/aromatic N) is 2. The Hall–Kier alpha value is -1.78. The van der Waals surface area contributed by atoms with Gasteiger partial charge in [0, 0.05) is 21.8 Å². The fraction of sp³-hybridized carbons (Fsp3) is 0.0667. The minimum Gasteiger partial charge on any atom is -0.398 e. The standard InChI is InChI=1S/C15H12ClN3S/c16-11-6-5-10(13(17)7-11)8-20-15-12-3-1-2-4-14(12)18-9-19-15/h1-7,9H,8,17H2. The summed E-state index contributed by atoms with van der Waals surface area (Å²) in [6, 6.07) is 13.6. The first-order chi connectivity index (χ1) is 9.74. The zero-order valence-corrected chi connectivity index (χ0v) is 12.2. The zero-order chi connectivity index (χ0) is 13.9. The van der Waals surface area contributed by atoms with Crippen molar-refractivity contribution < 1.29 is 0 Å². The van der Waals surface area contributed by atoms with E-state index in [2.05, 4.69) is 9.97 Å². The first kappa shape index (κ1) is 13.2. The van der Waals surface area contributed by atoms with E-state index < -0.39 is 0 Å². The van der Waals surface area contributed by atoms with Gasteiger partial charge in [-0.05, 0) is 23.8 Å². The molecule has 1 aromatic heterocycles. The summed E-state index contributed by atoms with van der Waals surface area (Å²) in [6.07, 6.45) is 1.59. The highest BCUT2D eigenvalue weighted by Crippen LogP contribution is 2.29. The van der Waals surface area contributed by atoms with Gasteiger partial charge in [0.2, 0.25) is 0 Å². The van der Waals surface area contributed by atoms with Crippen molar-refractivity contribution in [1.29, 1.82) is 0 Å². The van der Waals surface area contributed by atoms with Crippen LogP contribution in [-0.2, 0) is 5.75 Å². The maximum absolute atomic E-state index is 5.97. The molecule has 0 atom stereocenters. The molecule has 0 aliphatic heterocycles. The second-order valence-electron chi connectivity index (χ2n) is 4.33. The fourth-order valence-corrected chi connectivity index (χ4v) is 3.12. The molecule has 2 aromatic carbocycles. The Morgan fingerprint density at radius 3 is 2.80 bits per heavy atom. The van der Waals surface area contributed by atoms with Crippen LogP contribution in [0.15, 0.2) is 53.8 Å². The first-order valence-corrected chi connectivity index (χ1v) is 7.47. The lowest BCUT2D eigenvalue weighted by molar-refractivity contribution is 1.10. The molecule has 3 nitrogen and oxygen atoms in total. The summed E-state index contributed by atoms with van der Waals surface area (Å²) in [5.41, 5.74) is 8.69. The number of fused-ring (bicyclic) bond motifs is 1. The van der Waals surface area contributed by atoms with E-state index in [4.69, 9.17) is 17.3 Å². The van der Waals surface area contributed by atoms with Crippen molar-refractivity contribution in [3.63, 3.8) is 0 Å². The van der Waals surface area contributed by atoms with E-state index in [9.17, 15) is 0 Å². The van der Waals surface area contributed by atoms with Crippen molar-refractivity contribution in [2.45, 2.75) is 10.8 Å². The number of nitrogen functional groups attached to an aromatic ring is 1. The summed E-state index contributed by atoms with van der Waals surface area (Å²) in [4.78, 5) is 8.61. The van der Waals surface area contributed by atoms with Gasteiger partial charge in [-0.3, -0.25) is 0 Å². The van der Waals surface area contributed by atoms with Crippen LogP contribution >= 0.6 is 23.4 Å². The summed E-state index contributed by atoms with van der Waals surface area (Å²) in [7, 11) is 0. The summed E-state index contributed by atoms with van der Waals surface area (Å²) >= 11 is 7.55. The highest BCUT2D eigenvalue weighted by Gasteiger charge is 2.06. The number of thioether (sulfide) groups is 1. The Labute approximate surface area is 126 Å². The molecule has 2 N–H and O–H groups in total. The highest BCUT2D eigenvalue weighted by molar-refractivity contribution is 7.98. The maximum Gasteiger partial charge on any atom is 0.117 e. The van der Waals surface area contributed by atoms with Crippen LogP contribution in [0.2, 0.25) is 5.02 Å². The molecule has 0 aliphatic carbocycles. The Bertz CT molecular complexity index is 756. The second-order valence-corrected chi connectivity index (χ2v) is 5.73. The molecule has 1 heterocycles. The third-order valence-corrected chi connectivity index (χ3v) is 4.27. The van der Waals surface area contributed by atoms with Gasteiger partial charge in [0.1, 0.15) is 11.4 Å². The maximum atomic E-state index is 5.97. The van der Waals surface area contributed by atoms with Crippen LogP contribution in [0.1, 0.15) is 5.56 Å². The Balaban J connectivity index is 1.87. The number of hydrogen-bond acceptors (Lipinski definition) is 4. The second kappa shape index (κ2) is 5.69. The fourth-order valence-electron chi connectivity index (χ4n) is 1.94. The van der Waals surface area contributed by atoms with Crippen LogP contribution in [0.25, 0.3) is 10.9 Å². The first-order valence-electron chi connectivity index (χ1n) is 6.10. The smallest absolute Gasteiger partial charge is 0.117 e.